The van der Waals surface area contributed by atoms with Crippen LogP contribution in [-0.4, -0.2) is 12.5 Å². The van der Waals surface area contributed by atoms with Crippen molar-refractivity contribution < 1.29 is 4.79 Å². The summed E-state index contributed by atoms with van der Waals surface area (Å²) in [6.07, 6.45) is 0. The van der Waals surface area contributed by atoms with Gasteiger partial charge in [0.1, 0.15) is 0 Å². The molecule has 104 valence electrons. The van der Waals surface area contributed by atoms with Gasteiger partial charge in [-0.15, -0.1) is 0 Å². The molecule has 2 aromatic rings. The third-order valence-electron chi connectivity index (χ3n) is 3.39. The largest absolute Gasteiger partial charge is 0.351 e. The van der Waals surface area contributed by atoms with Crippen molar-refractivity contribution >= 4 is 5.91 Å². The lowest BCUT2D eigenvalue weighted by atomic mass is 10.0. The van der Waals surface area contributed by atoms with Crippen LogP contribution in [0.1, 0.15) is 34.3 Å². The zero-order valence-electron chi connectivity index (χ0n) is 11.7. The molecule has 0 heterocycles. The summed E-state index contributed by atoms with van der Waals surface area (Å²) in [6, 6.07) is 17.6. The maximum atomic E-state index is 12.0. The van der Waals surface area contributed by atoms with E-state index in [9.17, 15) is 4.79 Å². The van der Waals surface area contributed by atoms with E-state index in [4.69, 9.17) is 5.73 Å². The van der Waals surface area contributed by atoms with Gasteiger partial charge < -0.3 is 11.1 Å². The van der Waals surface area contributed by atoms with Crippen molar-refractivity contribution in [2.24, 2.45) is 5.73 Å². The zero-order valence-corrected chi connectivity index (χ0v) is 11.7. The van der Waals surface area contributed by atoms with Gasteiger partial charge in [-0.1, -0.05) is 49.4 Å². The molecule has 20 heavy (non-hydrogen) atoms. The molecular weight excluding hydrogens is 248 g/mol. The van der Waals surface area contributed by atoms with Gasteiger partial charge in [-0.25, -0.2) is 0 Å². The van der Waals surface area contributed by atoms with E-state index in [1.54, 1.807) is 0 Å². The van der Waals surface area contributed by atoms with Gasteiger partial charge in [0, 0.05) is 18.7 Å². The van der Waals surface area contributed by atoms with Crippen LogP contribution < -0.4 is 11.1 Å². The molecule has 0 saturated heterocycles. The quantitative estimate of drug-likeness (QED) is 0.876. The number of hydrogen-bond donors (Lipinski definition) is 2. The van der Waals surface area contributed by atoms with E-state index in [-0.39, 0.29) is 5.91 Å². The van der Waals surface area contributed by atoms with E-state index >= 15 is 0 Å². The van der Waals surface area contributed by atoms with Crippen molar-refractivity contribution in [1.82, 2.24) is 5.32 Å². The number of benzene rings is 2. The Balaban J connectivity index is 1.91. The number of nitrogens with two attached hydrogens (primary N) is 1. The maximum absolute atomic E-state index is 12.0. The monoisotopic (exact) mass is 268 g/mol. The highest BCUT2D eigenvalue weighted by molar-refractivity contribution is 5.94. The van der Waals surface area contributed by atoms with Gasteiger partial charge >= 0.3 is 0 Å². The molecule has 0 bridgehead atoms. The minimum absolute atomic E-state index is 0.0450. The fraction of sp³-hybridized carbons (Fsp3) is 0.235. The molecule has 0 aliphatic heterocycles. The standard InChI is InChI=1S/C17H20N2O/c1-13(15-5-3-2-4-6-15)12-19-17(20)16-9-7-14(11-18)8-10-16/h2-10,13H,11-12,18H2,1H3,(H,19,20). The van der Waals surface area contributed by atoms with E-state index in [1.807, 2.05) is 42.5 Å². The Morgan fingerprint density at radius 3 is 2.35 bits per heavy atom. The molecule has 3 nitrogen and oxygen atoms in total. The van der Waals surface area contributed by atoms with Crippen molar-refractivity contribution in [2.45, 2.75) is 19.4 Å². The number of hydrogen-bond acceptors (Lipinski definition) is 2. The molecule has 1 unspecified atom stereocenters. The van der Waals surface area contributed by atoms with Crippen LogP contribution in [0.3, 0.4) is 0 Å². The van der Waals surface area contributed by atoms with Crippen molar-refractivity contribution in [2.75, 3.05) is 6.54 Å². The molecule has 0 fully saturated rings. The third kappa shape index (κ3) is 3.68. The molecule has 1 amide bonds. The van der Waals surface area contributed by atoms with Crippen molar-refractivity contribution in [1.29, 1.82) is 0 Å². The van der Waals surface area contributed by atoms with Gasteiger partial charge in [-0.05, 0) is 29.2 Å². The Kier molecular flexibility index (Phi) is 4.91. The fourth-order valence-electron chi connectivity index (χ4n) is 2.04. The van der Waals surface area contributed by atoms with E-state index in [0.717, 1.165) is 5.56 Å². The van der Waals surface area contributed by atoms with Crippen LogP contribution in [0.4, 0.5) is 0 Å². The predicted molar refractivity (Wildman–Crippen MR) is 81.5 cm³/mol. The SMILES string of the molecule is CC(CNC(=O)c1ccc(CN)cc1)c1ccccc1. The average molecular weight is 268 g/mol. The van der Waals surface area contributed by atoms with Crippen molar-refractivity contribution in [3.63, 3.8) is 0 Å². The molecule has 3 N–H and O–H groups in total. The summed E-state index contributed by atoms with van der Waals surface area (Å²) in [7, 11) is 0. The van der Waals surface area contributed by atoms with Crippen LogP contribution in [0.25, 0.3) is 0 Å². The molecule has 3 heteroatoms. The molecule has 0 saturated carbocycles. The molecule has 0 radical (unpaired) electrons. The van der Waals surface area contributed by atoms with Gasteiger partial charge in [0.15, 0.2) is 0 Å². The van der Waals surface area contributed by atoms with Crippen molar-refractivity contribution in [3.05, 3.63) is 71.3 Å². The molecular formula is C17H20N2O. The lowest BCUT2D eigenvalue weighted by molar-refractivity contribution is 0.0951. The minimum atomic E-state index is -0.0450. The van der Waals surface area contributed by atoms with Gasteiger partial charge in [0.2, 0.25) is 0 Å². The van der Waals surface area contributed by atoms with Gasteiger partial charge in [0.25, 0.3) is 5.91 Å². The Morgan fingerprint density at radius 1 is 1.10 bits per heavy atom. The second-order valence-corrected chi connectivity index (χ2v) is 4.92. The lowest BCUT2D eigenvalue weighted by Gasteiger charge is -2.13. The summed E-state index contributed by atoms with van der Waals surface area (Å²) in [4.78, 5) is 12.0. The first-order valence-electron chi connectivity index (χ1n) is 6.83. The van der Waals surface area contributed by atoms with Crippen LogP contribution in [0.2, 0.25) is 0 Å². The highest BCUT2D eigenvalue weighted by Crippen LogP contribution is 2.13. The van der Waals surface area contributed by atoms with E-state index in [0.29, 0.717) is 24.6 Å². The normalized spacial score (nSPS) is 11.9. The Bertz CT molecular complexity index is 549. The topological polar surface area (TPSA) is 55.1 Å². The summed E-state index contributed by atoms with van der Waals surface area (Å²) in [5.41, 5.74) is 8.46. The second-order valence-electron chi connectivity index (χ2n) is 4.92. The lowest BCUT2D eigenvalue weighted by Crippen LogP contribution is -2.27. The summed E-state index contributed by atoms with van der Waals surface area (Å²) in [5.74, 6) is 0.250. The summed E-state index contributed by atoms with van der Waals surface area (Å²) >= 11 is 0. The van der Waals surface area contributed by atoms with Crippen LogP contribution >= 0.6 is 0 Å². The molecule has 0 aliphatic rings. The number of amides is 1. The smallest absolute Gasteiger partial charge is 0.251 e. The Hall–Kier alpha value is -2.13. The summed E-state index contributed by atoms with van der Waals surface area (Å²) < 4.78 is 0. The highest BCUT2D eigenvalue weighted by atomic mass is 16.1. The van der Waals surface area contributed by atoms with E-state index < -0.39 is 0 Å². The van der Waals surface area contributed by atoms with Gasteiger partial charge in [-0.3, -0.25) is 4.79 Å². The van der Waals surface area contributed by atoms with Crippen molar-refractivity contribution in [3.8, 4) is 0 Å². The Morgan fingerprint density at radius 2 is 1.75 bits per heavy atom. The minimum Gasteiger partial charge on any atom is -0.351 e. The van der Waals surface area contributed by atoms with Crippen LogP contribution in [0.15, 0.2) is 54.6 Å². The number of nitrogens with one attached hydrogen (secondary N) is 1. The van der Waals surface area contributed by atoms with Crippen LogP contribution in [-0.2, 0) is 6.54 Å². The first kappa shape index (κ1) is 14.3. The predicted octanol–water partition coefficient (Wildman–Crippen LogP) is 2.68. The average Bonchev–Trinajstić information content (AvgIpc) is 2.53. The number of carbonyl (C=O) groups excluding carboxylic acids is 1. The number of rotatable bonds is 5. The van der Waals surface area contributed by atoms with Gasteiger partial charge in [-0.2, -0.15) is 0 Å². The zero-order chi connectivity index (χ0) is 14.4. The van der Waals surface area contributed by atoms with Crippen LogP contribution in [0.5, 0.6) is 0 Å². The summed E-state index contributed by atoms with van der Waals surface area (Å²) in [6.45, 7) is 3.22. The summed E-state index contributed by atoms with van der Waals surface area (Å²) in [5, 5.41) is 2.96. The maximum Gasteiger partial charge on any atom is 0.251 e. The third-order valence-corrected chi connectivity index (χ3v) is 3.39. The molecule has 2 rings (SSSR count). The molecule has 0 aromatic heterocycles. The van der Waals surface area contributed by atoms with E-state index in [2.05, 4.69) is 24.4 Å². The fourth-order valence-corrected chi connectivity index (χ4v) is 2.04. The molecule has 0 spiro atoms. The Labute approximate surface area is 119 Å². The molecule has 2 aromatic carbocycles. The molecule has 1 atom stereocenters. The van der Waals surface area contributed by atoms with Gasteiger partial charge in [0.05, 0.1) is 0 Å². The first-order chi connectivity index (χ1) is 9.70. The number of carbonyl (C=O) groups is 1. The molecule has 0 aliphatic carbocycles. The second kappa shape index (κ2) is 6.87. The first-order valence-corrected chi connectivity index (χ1v) is 6.83. The van der Waals surface area contributed by atoms with E-state index in [1.165, 1.54) is 5.56 Å². The van der Waals surface area contributed by atoms with Crippen LogP contribution in [0, 0.1) is 0 Å². The highest BCUT2D eigenvalue weighted by Gasteiger charge is 2.09.